The first-order valence-electron chi connectivity index (χ1n) is 6.81. The summed E-state index contributed by atoms with van der Waals surface area (Å²) in [6.07, 6.45) is 2.11. The second kappa shape index (κ2) is 6.01. The van der Waals surface area contributed by atoms with Gasteiger partial charge in [-0.2, -0.15) is 0 Å². The minimum absolute atomic E-state index is 0.101. The Balaban J connectivity index is 1.75. The molecule has 2 atom stereocenters. The summed E-state index contributed by atoms with van der Waals surface area (Å²) in [5, 5.41) is 6.23. The van der Waals surface area contributed by atoms with Gasteiger partial charge in [-0.25, -0.2) is 0 Å². The molecule has 0 fully saturated rings. The fourth-order valence-electron chi connectivity index (χ4n) is 2.36. The Labute approximate surface area is 109 Å². The highest BCUT2D eigenvalue weighted by atomic mass is 16.2. The van der Waals surface area contributed by atoms with E-state index in [1.807, 2.05) is 6.92 Å². The molecule has 0 saturated heterocycles. The maximum Gasteiger partial charge on any atom is 0.236 e. The molecular formula is C15H22N2O. The van der Waals surface area contributed by atoms with Crippen molar-refractivity contribution in [2.75, 3.05) is 13.1 Å². The van der Waals surface area contributed by atoms with Crippen LogP contribution in [-0.2, 0) is 11.2 Å². The van der Waals surface area contributed by atoms with E-state index in [-0.39, 0.29) is 11.9 Å². The van der Waals surface area contributed by atoms with Crippen molar-refractivity contribution in [3.63, 3.8) is 0 Å². The normalized spacial score (nSPS) is 18.7. The Bertz CT molecular complexity index is 417. The van der Waals surface area contributed by atoms with E-state index < -0.39 is 0 Å². The lowest BCUT2D eigenvalue weighted by atomic mass is 9.77. The number of carbonyl (C=O) groups is 1. The summed E-state index contributed by atoms with van der Waals surface area (Å²) in [6, 6.07) is 8.44. The van der Waals surface area contributed by atoms with Gasteiger partial charge in [0.2, 0.25) is 5.91 Å². The molecule has 18 heavy (non-hydrogen) atoms. The van der Waals surface area contributed by atoms with Crippen molar-refractivity contribution in [3.05, 3.63) is 35.4 Å². The topological polar surface area (TPSA) is 41.1 Å². The molecule has 0 spiro atoms. The highest BCUT2D eigenvalue weighted by Crippen LogP contribution is 2.33. The van der Waals surface area contributed by atoms with Gasteiger partial charge < -0.3 is 10.6 Å². The maximum atomic E-state index is 11.7. The van der Waals surface area contributed by atoms with Gasteiger partial charge in [-0.1, -0.05) is 31.2 Å². The molecule has 0 radical (unpaired) electrons. The van der Waals surface area contributed by atoms with Crippen LogP contribution >= 0.6 is 0 Å². The summed E-state index contributed by atoms with van der Waals surface area (Å²) in [5.41, 5.74) is 2.89. The molecule has 0 aromatic heterocycles. The van der Waals surface area contributed by atoms with E-state index in [1.54, 1.807) is 0 Å². The van der Waals surface area contributed by atoms with Crippen LogP contribution < -0.4 is 10.6 Å². The van der Waals surface area contributed by atoms with E-state index in [0.717, 1.165) is 25.9 Å². The first kappa shape index (κ1) is 13.1. The first-order valence-corrected chi connectivity index (χ1v) is 6.81. The number of fused-ring (bicyclic) bond motifs is 1. The summed E-state index contributed by atoms with van der Waals surface area (Å²) < 4.78 is 0. The third kappa shape index (κ3) is 2.91. The van der Waals surface area contributed by atoms with Gasteiger partial charge in [0, 0.05) is 19.0 Å². The fraction of sp³-hybridized carbons (Fsp3) is 0.533. The molecule has 1 aromatic rings. The van der Waals surface area contributed by atoms with Gasteiger partial charge in [-0.05, 0) is 30.9 Å². The van der Waals surface area contributed by atoms with E-state index in [9.17, 15) is 4.79 Å². The van der Waals surface area contributed by atoms with Crippen molar-refractivity contribution >= 4 is 5.91 Å². The van der Waals surface area contributed by atoms with E-state index in [4.69, 9.17) is 0 Å². The molecule has 2 N–H and O–H groups in total. The van der Waals surface area contributed by atoms with Crippen LogP contribution in [0, 0.1) is 0 Å². The van der Waals surface area contributed by atoms with Gasteiger partial charge in [-0.15, -0.1) is 0 Å². The van der Waals surface area contributed by atoms with Gasteiger partial charge >= 0.3 is 0 Å². The van der Waals surface area contributed by atoms with Crippen LogP contribution in [-0.4, -0.2) is 25.0 Å². The van der Waals surface area contributed by atoms with Crippen LogP contribution in [0.25, 0.3) is 0 Å². The average Bonchev–Trinajstić information content (AvgIpc) is 2.36. The number of amides is 1. The van der Waals surface area contributed by atoms with Gasteiger partial charge in [0.25, 0.3) is 0 Å². The summed E-state index contributed by atoms with van der Waals surface area (Å²) >= 11 is 0. The molecular weight excluding hydrogens is 224 g/mol. The van der Waals surface area contributed by atoms with Gasteiger partial charge in [0.1, 0.15) is 0 Å². The van der Waals surface area contributed by atoms with E-state index in [2.05, 4.69) is 41.8 Å². The lowest BCUT2D eigenvalue weighted by Crippen LogP contribution is -2.44. The summed E-state index contributed by atoms with van der Waals surface area (Å²) in [5.74, 6) is 0.673. The van der Waals surface area contributed by atoms with Crippen LogP contribution in [0.4, 0.5) is 0 Å². The molecule has 1 aliphatic carbocycles. The Morgan fingerprint density at radius 1 is 1.44 bits per heavy atom. The maximum absolute atomic E-state index is 11.7. The van der Waals surface area contributed by atoms with Crippen LogP contribution in [0.3, 0.4) is 0 Å². The molecule has 0 bridgehead atoms. The van der Waals surface area contributed by atoms with Crippen molar-refractivity contribution in [1.82, 2.24) is 10.6 Å². The van der Waals surface area contributed by atoms with E-state index in [0.29, 0.717) is 5.92 Å². The number of hydrogen-bond acceptors (Lipinski definition) is 2. The standard InChI is InChI=1S/C15H22N2O/c1-3-8-16-15(18)11(2)17-10-13-9-12-6-4-5-7-14(12)13/h4-7,11,13,17H,3,8-10H2,1-2H3,(H,16,18). The molecule has 0 saturated carbocycles. The molecule has 1 aromatic carbocycles. The number of nitrogens with one attached hydrogen (secondary N) is 2. The van der Waals surface area contributed by atoms with Crippen LogP contribution in [0.5, 0.6) is 0 Å². The Kier molecular flexibility index (Phi) is 4.37. The summed E-state index contributed by atoms with van der Waals surface area (Å²) in [6.45, 7) is 5.63. The number of rotatable bonds is 6. The van der Waals surface area contributed by atoms with Crippen molar-refractivity contribution in [2.24, 2.45) is 0 Å². The molecule has 1 amide bonds. The second-order valence-electron chi connectivity index (χ2n) is 5.02. The minimum atomic E-state index is -0.107. The predicted octanol–water partition coefficient (Wildman–Crippen LogP) is 1.83. The van der Waals surface area contributed by atoms with Crippen molar-refractivity contribution in [3.8, 4) is 0 Å². The Morgan fingerprint density at radius 2 is 2.22 bits per heavy atom. The average molecular weight is 246 g/mol. The first-order chi connectivity index (χ1) is 8.72. The van der Waals surface area contributed by atoms with E-state index >= 15 is 0 Å². The lowest BCUT2D eigenvalue weighted by molar-refractivity contribution is -0.122. The predicted molar refractivity (Wildman–Crippen MR) is 73.7 cm³/mol. The van der Waals surface area contributed by atoms with Crippen molar-refractivity contribution in [2.45, 2.75) is 38.6 Å². The van der Waals surface area contributed by atoms with E-state index in [1.165, 1.54) is 11.1 Å². The summed E-state index contributed by atoms with van der Waals surface area (Å²) in [4.78, 5) is 11.7. The molecule has 3 nitrogen and oxygen atoms in total. The van der Waals surface area contributed by atoms with Gasteiger partial charge in [0.05, 0.1) is 6.04 Å². The monoisotopic (exact) mass is 246 g/mol. The second-order valence-corrected chi connectivity index (χ2v) is 5.02. The molecule has 1 aliphatic rings. The molecule has 2 unspecified atom stereocenters. The van der Waals surface area contributed by atoms with Crippen LogP contribution in [0.15, 0.2) is 24.3 Å². The zero-order valence-corrected chi connectivity index (χ0v) is 11.2. The molecule has 0 aliphatic heterocycles. The largest absolute Gasteiger partial charge is 0.355 e. The van der Waals surface area contributed by atoms with Gasteiger partial charge in [0.15, 0.2) is 0 Å². The summed E-state index contributed by atoms with van der Waals surface area (Å²) in [7, 11) is 0. The SMILES string of the molecule is CCCNC(=O)C(C)NCC1Cc2ccccc21. The third-order valence-corrected chi connectivity index (χ3v) is 3.57. The number of benzene rings is 1. The highest BCUT2D eigenvalue weighted by molar-refractivity contribution is 5.81. The van der Waals surface area contributed by atoms with Crippen LogP contribution in [0.2, 0.25) is 0 Å². The van der Waals surface area contributed by atoms with Gasteiger partial charge in [-0.3, -0.25) is 4.79 Å². The highest BCUT2D eigenvalue weighted by Gasteiger charge is 2.25. The number of hydrogen-bond donors (Lipinski definition) is 2. The Morgan fingerprint density at radius 3 is 2.94 bits per heavy atom. The molecule has 98 valence electrons. The smallest absolute Gasteiger partial charge is 0.236 e. The Hall–Kier alpha value is -1.35. The van der Waals surface area contributed by atoms with Crippen LogP contribution in [0.1, 0.15) is 37.3 Å². The fourth-order valence-corrected chi connectivity index (χ4v) is 2.36. The molecule has 2 rings (SSSR count). The minimum Gasteiger partial charge on any atom is -0.355 e. The van der Waals surface area contributed by atoms with Crippen molar-refractivity contribution < 1.29 is 4.79 Å². The zero-order chi connectivity index (χ0) is 13.0. The van der Waals surface area contributed by atoms with Crippen molar-refractivity contribution in [1.29, 1.82) is 0 Å². The zero-order valence-electron chi connectivity index (χ0n) is 11.2. The molecule has 3 heteroatoms. The quantitative estimate of drug-likeness (QED) is 0.804. The number of carbonyl (C=O) groups excluding carboxylic acids is 1. The lowest BCUT2D eigenvalue weighted by Gasteiger charge is -2.31. The molecule has 0 heterocycles. The third-order valence-electron chi connectivity index (χ3n) is 3.57.